The van der Waals surface area contributed by atoms with Crippen LogP contribution in [0.4, 0.5) is 0 Å². The molecular weight excluding hydrogens is 265 g/mol. The van der Waals surface area contributed by atoms with E-state index in [0.717, 1.165) is 18.2 Å². The minimum Gasteiger partial charge on any atom is -0.545 e. The fraction of sp³-hybridized carbons (Fsp3) is 0.182. The summed E-state index contributed by atoms with van der Waals surface area (Å²) in [5.41, 5.74) is 4.53. The average Bonchev–Trinajstić information content (AvgIpc) is 2.37. The van der Waals surface area contributed by atoms with E-state index in [2.05, 4.69) is 30.2 Å². The molecule has 0 aromatic rings. The predicted molar refractivity (Wildman–Crippen MR) is 62.8 cm³/mol. The smallest absolute Gasteiger partial charge is 0.545 e. The number of amides is 1. The monoisotopic (exact) mass is 281 g/mol. The van der Waals surface area contributed by atoms with Gasteiger partial charge >= 0.3 is 35.5 Å². The molecule has 0 aromatic carbocycles. The number of carboxylic acids is 1. The normalized spacial score (nSPS) is 6.79. The maximum Gasteiger partial charge on any atom is 1.00 e. The molecule has 1 amide bonds. The topological polar surface area (TPSA) is 130 Å². The molecule has 0 aliphatic rings. The molecule has 0 fully saturated rings. The number of carbonyl (C=O) groups excluding carboxylic acids is 3. The third-order valence-corrected chi connectivity index (χ3v) is 0.870. The van der Waals surface area contributed by atoms with Crippen molar-refractivity contribution in [3.05, 3.63) is 38.0 Å². The molecule has 8 heteroatoms. The maximum atomic E-state index is 10.1. The van der Waals surface area contributed by atoms with Crippen LogP contribution in [-0.4, -0.2) is 36.2 Å². The van der Waals surface area contributed by atoms with Crippen LogP contribution in [0.1, 0.15) is 0 Å². The van der Waals surface area contributed by atoms with E-state index in [4.69, 9.17) is 15.0 Å². The van der Waals surface area contributed by atoms with Gasteiger partial charge < -0.3 is 25.5 Å². The Morgan fingerprint density at radius 2 is 1.53 bits per heavy atom. The van der Waals surface area contributed by atoms with Crippen LogP contribution >= 0.6 is 0 Å². The summed E-state index contributed by atoms with van der Waals surface area (Å²) in [6.07, 6.45) is 2.83. The number of esters is 1. The summed E-state index contributed by atoms with van der Waals surface area (Å²) in [5, 5.41) is 17.2. The van der Waals surface area contributed by atoms with Gasteiger partial charge in [-0.05, 0) is 12.2 Å². The molecule has 3 N–H and O–H groups in total. The molecule has 0 atom stereocenters. The molecule has 0 aliphatic carbocycles. The molecule has 0 radical (unpaired) electrons. The van der Waals surface area contributed by atoms with Gasteiger partial charge in [-0.1, -0.05) is 19.7 Å². The first-order valence-corrected chi connectivity index (χ1v) is 4.50. The number of hydrogen-bond acceptors (Lipinski definition) is 6. The van der Waals surface area contributed by atoms with E-state index in [1.54, 1.807) is 0 Å². The van der Waals surface area contributed by atoms with Crippen LogP contribution in [0.2, 0.25) is 0 Å². The number of aliphatic hydroxyl groups is 1. The first-order valence-electron chi connectivity index (χ1n) is 4.50. The summed E-state index contributed by atoms with van der Waals surface area (Å²) in [6.45, 7) is 9.05. The second-order valence-corrected chi connectivity index (χ2v) is 2.22. The molecule has 0 aliphatic heterocycles. The Balaban J connectivity index is -0.0000000906. The predicted octanol–water partition coefficient (Wildman–Crippen LogP) is -4.71. The van der Waals surface area contributed by atoms with E-state index in [9.17, 15) is 9.59 Å². The van der Waals surface area contributed by atoms with Gasteiger partial charge in [-0.15, -0.1) is 0 Å². The second-order valence-electron chi connectivity index (χ2n) is 2.22. The molecule has 0 aromatic heterocycles. The number of aliphatic carboxylic acids is 1. The van der Waals surface area contributed by atoms with Crippen molar-refractivity contribution in [1.29, 1.82) is 0 Å². The van der Waals surface area contributed by atoms with Crippen LogP contribution in [0.5, 0.6) is 0 Å². The van der Waals surface area contributed by atoms with Gasteiger partial charge in [0, 0.05) is 6.08 Å². The Labute approximate surface area is 133 Å². The second kappa shape index (κ2) is 21.8. The molecule has 0 rings (SSSR count). The summed E-state index contributed by atoms with van der Waals surface area (Å²) in [4.78, 5) is 28.7. The first-order chi connectivity index (χ1) is 8.35. The Kier molecular flexibility index (Phi) is 30.1. The van der Waals surface area contributed by atoms with Gasteiger partial charge in [0.1, 0.15) is 6.61 Å². The van der Waals surface area contributed by atoms with E-state index in [-0.39, 0.29) is 42.8 Å². The molecule has 0 unspecified atom stereocenters. The minimum atomic E-state index is -1.23. The zero-order valence-corrected chi connectivity index (χ0v) is 12.8. The molecule has 0 heterocycles. The van der Waals surface area contributed by atoms with Gasteiger partial charge in [0.2, 0.25) is 5.91 Å². The van der Waals surface area contributed by atoms with Gasteiger partial charge in [-0.3, -0.25) is 4.79 Å². The standard InChI is InChI=1S/C5H8O3.C3H5NO.C3H4O2.Na/c1-2-5(7)8-4-3-6;2*1-2-3(4)5;/h2,6H,1,3-4H2;2H,1H2,(H2,4,5);2H,1H2,(H,4,5);/q;;;+1/p-1. The number of primary amides is 1. The summed E-state index contributed by atoms with van der Waals surface area (Å²) < 4.78 is 4.33. The number of carbonyl (C=O) groups is 3. The average molecular weight is 281 g/mol. The number of rotatable bonds is 5. The Hall–Kier alpha value is -1.41. The first kappa shape index (κ1) is 26.2. The van der Waals surface area contributed by atoms with Gasteiger partial charge in [0.15, 0.2) is 0 Å². The molecule has 0 bridgehead atoms. The summed E-state index contributed by atoms with van der Waals surface area (Å²) in [5.74, 6) is -2.21. The van der Waals surface area contributed by atoms with Gasteiger partial charge in [-0.2, -0.15) is 0 Å². The van der Waals surface area contributed by atoms with Crippen LogP contribution in [0, 0.1) is 0 Å². The third-order valence-electron chi connectivity index (χ3n) is 0.870. The zero-order chi connectivity index (χ0) is 15.0. The largest absolute Gasteiger partial charge is 1.00 e. The number of nitrogens with two attached hydrogens (primary N) is 1. The van der Waals surface area contributed by atoms with Crippen molar-refractivity contribution < 1.29 is 58.9 Å². The SMILES string of the molecule is C=CC(=O)OCCO.C=CC(=O)[O-].C=CC(N)=O.[Na+]. The van der Waals surface area contributed by atoms with Crippen molar-refractivity contribution in [2.24, 2.45) is 5.73 Å². The van der Waals surface area contributed by atoms with Gasteiger partial charge in [-0.25, -0.2) is 4.79 Å². The van der Waals surface area contributed by atoms with Crippen molar-refractivity contribution in [3.63, 3.8) is 0 Å². The van der Waals surface area contributed by atoms with Gasteiger partial charge in [0.05, 0.1) is 12.6 Å². The molecule has 0 saturated carbocycles. The van der Waals surface area contributed by atoms with Crippen molar-refractivity contribution in [3.8, 4) is 0 Å². The van der Waals surface area contributed by atoms with Gasteiger partial charge in [0.25, 0.3) is 0 Å². The molecule has 0 saturated heterocycles. The molecule has 7 nitrogen and oxygen atoms in total. The number of ether oxygens (including phenoxy) is 1. The van der Waals surface area contributed by atoms with Crippen LogP contribution in [0.25, 0.3) is 0 Å². The summed E-state index contributed by atoms with van der Waals surface area (Å²) in [7, 11) is 0. The van der Waals surface area contributed by atoms with E-state index in [0.29, 0.717) is 0 Å². The van der Waals surface area contributed by atoms with E-state index in [1.807, 2.05) is 0 Å². The fourth-order valence-corrected chi connectivity index (χ4v) is 0.205. The quantitative estimate of drug-likeness (QED) is 0.296. The minimum absolute atomic E-state index is 0. The molecule has 102 valence electrons. The van der Waals surface area contributed by atoms with E-state index in [1.165, 1.54) is 0 Å². The molecule has 19 heavy (non-hydrogen) atoms. The number of carboxylic acid groups (broad SMARTS) is 1. The van der Waals surface area contributed by atoms with Crippen LogP contribution < -0.4 is 40.4 Å². The molecule has 0 spiro atoms. The van der Waals surface area contributed by atoms with Crippen molar-refractivity contribution in [1.82, 2.24) is 0 Å². The van der Waals surface area contributed by atoms with E-state index >= 15 is 0 Å². The summed E-state index contributed by atoms with van der Waals surface area (Å²) in [6, 6.07) is 0. The Bertz CT molecular complexity index is 286. The fourth-order valence-electron chi connectivity index (χ4n) is 0.205. The van der Waals surface area contributed by atoms with Crippen molar-refractivity contribution in [2.75, 3.05) is 13.2 Å². The maximum absolute atomic E-state index is 10.1. The molecular formula is C11H16NNaO6. The Morgan fingerprint density at radius 3 is 1.68 bits per heavy atom. The number of aliphatic hydroxyl groups excluding tert-OH is 1. The zero-order valence-electron chi connectivity index (χ0n) is 10.8. The van der Waals surface area contributed by atoms with Crippen LogP contribution in [0.3, 0.4) is 0 Å². The van der Waals surface area contributed by atoms with E-state index < -0.39 is 17.8 Å². The van der Waals surface area contributed by atoms with Crippen molar-refractivity contribution in [2.45, 2.75) is 0 Å². The van der Waals surface area contributed by atoms with Crippen LogP contribution in [0.15, 0.2) is 38.0 Å². The summed E-state index contributed by atoms with van der Waals surface area (Å²) >= 11 is 0. The Morgan fingerprint density at radius 1 is 1.16 bits per heavy atom. The third kappa shape index (κ3) is 47.9. The van der Waals surface area contributed by atoms with Crippen molar-refractivity contribution >= 4 is 17.8 Å². The van der Waals surface area contributed by atoms with Crippen LogP contribution in [-0.2, 0) is 19.1 Å². The number of hydrogen-bond donors (Lipinski definition) is 2.